The van der Waals surface area contributed by atoms with Crippen molar-refractivity contribution in [3.63, 3.8) is 0 Å². The molecule has 4 rings (SSSR count). The minimum Gasteiger partial charge on any atom is -0.354 e. The Morgan fingerprint density at radius 3 is 1.97 bits per heavy atom. The first-order chi connectivity index (χ1) is 13.9. The second-order valence-corrected chi connectivity index (χ2v) is 12.2. The molecule has 1 N–H and O–H groups in total. The number of rotatable bonds is 1. The van der Waals surface area contributed by atoms with E-state index in [1.807, 2.05) is 6.07 Å². The molecule has 0 bridgehead atoms. The first-order valence-electron chi connectivity index (χ1n) is 10.1. The average molecular weight is 548 g/mol. The van der Waals surface area contributed by atoms with Crippen LogP contribution >= 0.6 is 43.5 Å². The predicted octanol–water partition coefficient (Wildman–Crippen LogP) is 9.76. The van der Waals surface area contributed by atoms with Gasteiger partial charge < -0.3 is 4.98 Å². The number of H-pyrrole nitrogens is 1. The van der Waals surface area contributed by atoms with Crippen LogP contribution in [0.3, 0.4) is 0 Å². The molecule has 0 atom stereocenters. The minimum atomic E-state index is 0.0320. The number of benzene rings is 3. The molecule has 156 valence electrons. The van der Waals surface area contributed by atoms with Crippen LogP contribution in [0.4, 0.5) is 0 Å². The van der Waals surface area contributed by atoms with Crippen molar-refractivity contribution < 1.29 is 0 Å². The lowest BCUT2D eigenvalue weighted by atomic mass is 9.83. The molecule has 0 unspecified atom stereocenters. The van der Waals surface area contributed by atoms with Crippen molar-refractivity contribution in [2.75, 3.05) is 0 Å². The third-order valence-electron chi connectivity index (χ3n) is 5.74. The molecular weight excluding hydrogens is 522 g/mol. The van der Waals surface area contributed by atoms with E-state index in [4.69, 9.17) is 11.6 Å². The maximum atomic E-state index is 6.34. The van der Waals surface area contributed by atoms with E-state index in [0.717, 1.165) is 25.5 Å². The smallest absolute Gasteiger partial charge is 0.0559 e. The van der Waals surface area contributed by atoms with E-state index in [9.17, 15) is 0 Å². The van der Waals surface area contributed by atoms with Crippen LogP contribution in [0.1, 0.15) is 52.7 Å². The number of aromatic amines is 1. The van der Waals surface area contributed by atoms with Crippen molar-refractivity contribution in [3.05, 3.63) is 67.6 Å². The second kappa shape index (κ2) is 7.39. The summed E-state index contributed by atoms with van der Waals surface area (Å²) in [7, 11) is 0. The van der Waals surface area contributed by atoms with Crippen molar-refractivity contribution in [1.82, 2.24) is 4.98 Å². The first-order valence-corrected chi connectivity index (χ1v) is 12.1. The number of fused-ring (bicyclic) bond motifs is 3. The topological polar surface area (TPSA) is 15.8 Å². The summed E-state index contributed by atoms with van der Waals surface area (Å²) < 4.78 is 1.87. The van der Waals surface area contributed by atoms with Gasteiger partial charge in [-0.15, -0.1) is 0 Å². The van der Waals surface area contributed by atoms with Crippen LogP contribution in [-0.2, 0) is 10.8 Å². The van der Waals surface area contributed by atoms with Gasteiger partial charge in [0.15, 0.2) is 0 Å². The SMILES string of the molecule is CC(C)(C)c1ccc2[nH]c3c(-c4cc(Br)c(Cl)cc4Br)cc(C(C)(C)C)cc3c2c1. The predicted molar refractivity (Wildman–Crippen MR) is 139 cm³/mol. The number of hydrogen-bond donors (Lipinski definition) is 1. The molecule has 3 aromatic carbocycles. The van der Waals surface area contributed by atoms with Gasteiger partial charge in [-0.1, -0.05) is 75.1 Å². The van der Waals surface area contributed by atoms with E-state index in [1.165, 1.54) is 27.5 Å². The molecule has 1 aromatic heterocycles. The molecule has 1 nitrogen and oxygen atoms in total. The molecule has 0 aliphatic heterocycles. The Kier molecular flexibility index (Phi) is 5.40. The molecule has 0 spiro atoms. The van der Waals surface area contributed by atoms with E-state index in [-0.39, 0.29) is 10.8 Å². The highest BCUT2D eigenvalue weighted by Gasteiger charge is 2.22. The van der Waals surface area contributed by atoms with Crippen LogP contribution in [0.2, 0.25) is 5.02 Å². The molecule has 0 radical (unpaired) electrons. The zero-order valence-corrected chi connectivity index (χ0v) is 22.1. The third-order valence-corrected chi connectivity index (χ3v) is 7.59. The minimum absolute atomic E-state index is 0.0320. The first kappa shape index (κ1) is 21.9. The van der Waals surface area contributed by atoms with E-state index >= 15 is 0 Å². The Bertz CT molecular complexity index is 1290. The van der Waals surface area contributed by atoms with Gasteiger partial charge in [-0.25, -0.2) is 0 Å². The highest BCUT2D eigenvalue weighted by molar-refractivity contribution is 9.11. The summed E-state index contributed by atoms with van der Waals surface area (Å²) in [5, 5.41) is 3.23. The standard InChI is InChI=1S/C26H26Br2ClN/c1-25(2,3)14-7-8-23-17(9-14)19-11-15(26(4,5)6)10-18(24(19)30-23)16-12-21(28)22(29)13-20(16)27/h7-13,30H,1-6H3. The molecule has 1 heterocycles. The van der Waals surface area contributed by atoms with Crippen LogP contribution < -0.4 is 0 Å². The summed E-state index contributed by atoms with van der Waals surface area (Å²) in [5.74, 6) is 0. The molecule has 0 saturated carbocycles. The summed E-state index contributed by atoms with van der Waals surface area (Å²) in [6, 6.07) is 15.5. The molecule has 30 heavy (non-hydrogen) atoms. The largest absolute Gasteiger partial charge is 0.354 e. The Balaban J connectivity index is 2.13. The molecule has 0 aliphatic carbocycles. The van der Waals surface area contributed by atoms with Gasteiger partial charge in [0.05, 0.1) is 10.5 Å². The van der Waals surface area contributed by atoms with Gasteiger partial charge in [0, 0.05) is 30.8 Å². The molecule has 4 aromatic rings. The lowest BCUT2D eigenvalue weighted by molar-refractivity contribution is 0.590. The van der Waals surface area contributed by atoms with Gasteiger partial charge in [-0.3, -0.25) is 0 Å². The van der Waals surface area contributed by atoms with Crippen molar-refractivity contribution in [3.8, 4) is 11.1 Å². The lowest BCUT2D eigenvalue weighted by Gasteiger charge is -2.21. The van der Waals surface area contributed by atoms with Crippen molar-refractivity contribution in [2.45, 2.75) is 52.4 Å². The van der Waals surface area contributed by atoms with Gasteiger partial charge in [-0.05, 0) is 79.8 Å². The Hall–Kier alpha value is -1.29. The van der Waals surface area contributed by atoms with E-state index in [1.54, 1.807) is 0 Å². The molecule has 0 aliphatic rings. The van der Waals surface area contributed by atoms with Crippen LogP contribution in [0.5, 0.6) is 0 Å². The molecule has 0 saturated heterocycles. The number of halogens is 3. The van der Waals surface area contributed by atoms with Gasteiger partial charge in [0.2, 0.25) is 0 Å². The van der Waals surface area contributed by atoms with Crippen molar-refractivity contribution in [2.24, 2.45) is 0 Å². The van der Waals surface area contributed by atoms with Crippen LogP contribution in [0, 0.1) is 0 Å². The Morgan fingerprint density at radius 1 is 0.700 bits per heavy atom. The number of hydrogen-bond acceptors (Lipinski definition) is 0. The van der Waals surface area contributed by atoms with Crippen LogP contribution in [-0.4, -0.2) is 4.98 Å². The zero-order chi connectivity index (χ0) is 22.0. The summed E-state index contributed by atoms with van der Waals surface area (Å²) in [6.45, 7) is 13.6. The number of nitrogens with one attached hydrogen (secondary N) is 1. The quantitative estimate of drug-likeness (QED) is 0.228. The molecule has 4 heteroatoms. The Morgan fingerprint density at radius 2 is 1.33 bits per heavy atom. The summed E-state index contributed by atoms with van der Waals surface area (Å²) in [6.07, 6.45) is 0. The van der Waals surface area contributed by atoms with Gasteiger partial charge in [-0.2, -0.15) is 0 Å². The normalized spacial score (nSPS) is 12.8. The second-order valence-electron chi connectivity index (χ2n) is 10.1. The fourth-order valence-corrected chi connectivity index (χ4v) is 5.04. The fraction of sp³-hybridized carbons (Fsp3) is 0.308. The lowest BCUT2D eigenvalue weighted by Crippen LogP contribution is -2.11. The highest BCUT2D eigenvalue weighted by atomic mass is 79.9. The van der Waals surface area contributed by atoms with Gasteiger partial charge >= 0.3 is 0 Å². The third kappa shape index (κ3) is 3.85. The van der Waals surface area contributed by atoms with Crippen molar-refractivity contribution >= 4 is 65.3 Å². The maximum absolute atomic E-state index is 6.34. The highest BCUT2D eigenvalue weighted by Crippen LogP contribution is 2.43. The average Bonchev–Trinajstić information content (AvgIpc) is 3.00. The summed E-state index contributed by atoms with van der Waals surface area (Å²) in [4.78, 5) is 3.69. The van der Waals surface area contributed by atoms with Crippen LogP contribution in [0.25, 0.3) is 32.9 Å². The maximum Gasteiger partial charge on any atom is 0.0559 e. The van der Waals surface area contributed by atoms with E-state index < -0.39 is 0 Å². The van der Waals surface area contributed by atoms with Gasteiger partial charge in [0.1, 0.15) is 0 Å². The molecule has 0 fully saturated rings. The molecular formula is C26H26Br2ClN. The van der Waals surface area contributed by atoms with Gasteiger partial charge in [0.25, 0.3) is 0 Å². The van der Waals surface area contributed by atoms with E-state index in [0.29, 0.717) is 5.02 Å². The monoisotopic (exact) mass is 545 g/mol. The van der Waals surface area contributed by atoms with E-state index in [2.05, 4.69) is 115 Å². The zero-order valence-electron chi connectivity index (χ0n) is 18.2. The molecule has 0 amide bonds. The summed E-state index contributed by atoms with van der Waals surface area (Å²) >= 11 is 13.7. The van der Waals surface area contributed by atoms with Crippen molar-refractivity contribution in [1.29, 1.82) is 0 Å². The van der Waals surface area contributed by atoms with Crippen LogP contribution in [0.15, 0.2) is 51.4 Å². The number of aromatic nitrogens is 1. The Labute approximate surface area is 200 Å². The summed E-state index contributed by atoms with van der Waals surface area (Å²) in [5.41, 5.74) is 7.39. The fourth-order valence-electron chi connectivity index (χ4n) is 3.84.